The van der Waals surface area contributed by atoms with Crippen LogP contribution < -0.4 is 10.6 Å². The van der Waals surface area contributed by atoms with Crippen molar-refractivity contribution in [1.29, 1.82) is 0 Å². The van der Waals surface area contributed by atoms with E-state index in [1.807, 2.05) is 6.92 Å². The summed E-state index contributed by atoms with van der Waals surface area (Å²) in [5.41, 5.74) is 0.677. The summed E-state index contributed by atoms with van der Waals surface area (Å²) in [5, 5.41) is 5.73. The average molecular weight is 236 g/mol. The molecule has 0 heterocycles. The van der Waals surface area contributed by atoms with Gasteiger partial charge in [0.25, 0.3) is 5.91 Å². The van der Waals surface area contributed by atoms with Crippen LogP contribution in [0.4, 0.5) is 10.1 Å². The van der Waals surface area contributed by atoms with Crippen LogP contribution in [0.1, 0.15) is 30.1 Å². The van der Waals surface area contributed by atoms with Gasteiger partial charge < -0.3 is 10.6 Å². The summed E-state index contributed by atoms with van der Waals surface area (Å²) in [7, 11) is 0. The Kier molecular flexibility index (Phi) is 3.61. The van der Waals surface area contributed by atoms with Crippen LogP contribution in [0.25, 0.3) is 0 Å². The lowest BCUT2D eigenvalue weighted by Gasteiger charge is -2.11. The number of hydrogen-bond donors (Lipinski definition) is 2. The van der Waals surface area contributed by atoms with Crippen LogP contribution in [0.3, 0.4) is 0 Å². The zero-order chi connectivity index (χ0) is 12.3. The number of anilines is 1. The van der Waals surface area contributed by atoms with Gasteiger partial charge in [0.15, 0.2) is 0 Å². The fourth-order valence-corrected chi connectivity index (χ4v) is 1.72. The smallest absolute Gasteiger partial charge is 0.253 e. The summed E-state index contributed by atoms with van der Waals surface area (Å²) in [5.74, 6) is 0.0355. The molecule has 0 atom stereocenters. The van der Waals surface area contributed by atoms with E-state index in [1.165, 1.54) is 18.9 Å². The SMILES string of the molecule is CCNc1c(F)cccc1C(=O)NCC1CC1. The van der Waals surface area contributed by atoms with Gasteiger partial charge in [-0.1, -0.05) is 6.07 Å². The first kappa shape index (κ1) is 11.9. The number of benzene rings is 1. The van der Waals surface area contributed by atoms with Gasteiger partial charge in [0.05, 0.1) is 11.3 Å². The van der Waals surface area contributed by atoms with Crippen LogP contribution in [0.5, 0.6) is 0 Å². The van der Waals surface area contributed by atoms with E-state index < -0.39 is 0 Å². The molecule has 1 aromatic rings. The molecule has 0 radical (unpaired) electrons. The quantitative estimate of drug-likeness (QED) is 0.824. The van der Waals surface area contributed by atoms with E-state index in [-0.39, 0.29) is 11.7 Å². The predicted octanol–water partition coefficient (Wildman–Crippen LogP) is 2.40. The van der Waals surface area contributed by atoms with Crippen molar-refractivity contribution in [2.24, 2.45) is 5.92 Å². The molecule has 1 aliphatic carbocycles. The summed E-state index contributed by atoms with van der Waals surface area (Å²) in [6.45, 7) is 3.16. The topological polar surface area (TPSA) is 41.1 Å². The molecular formula is C13H17FN2O. The maximum atomic E-state index is 13.6. The number of nitrogens with one attached hydrogen (secondary N) is 2. The lowest BCUT2D eigenvalue weighted by Crippen LogP contribution is -2.26. The average Bonchev–Trinajstić information content (AvgIpc) is 3.13. The number of amides is 1. The van der Waals surface area contributed by atoms with Gasteiger partial charge in [0.2, 0.25) is 0 Å². The highest BCUT2D eigenvalue weighted by Crippen LogP contribution is 2.28. The normalized spacial score (nSPS) is 14.5. The van der Waals surface area contributed by atoms with Gasteiger partial charge >= 0.3 is 0 Å². The molecule has 0 aromatic heterocycles. The molecule has 0 saturated heterocycles. The van der Waals surface area contributed by atoms with Gasteiger partial charge in [-0.2, -0.15) is 0 Å². The first-order chi connectivity index (χ1) is 8.22. The van der Waals surface area contributed by atoms with Gasteiger partial charge in [0.1, 0.15) is 5.82 Å². The third-order valence-corrected chi connectivity index (χ3v) is 2.86. The molecule has 2 N–H and O–H groups in total. The Bertz CT molecular complexity index is 416. The fourth-order valence-electron chi connectivity index (χ4n) is 1.72. The third kappa shape index (κ3) is 2.96. The van der Waals surface area contributed by atoms with Gasteiger partial charge in [-0.3, -0.25) is 4.79 Å². The van der Waals surface area contributed by atoms with Gasteiger partial charge in [-0.05, 0) is 37.8 Å². The first-order valence-corrected chi connectivity index (χ1v) is 6.03. The van der Waals surface area contributed by atoms with Crippen molar-refractivity contribution >= 4 is 11.6 Å². The molecule has 4 heteroatoms. The standard InChI is InChI=1S/C13H17FN2O/c1-2-15-12-10(4-3-5-11(12)14)13(17)16-8-9-6-7-9/h3-5,9,15H,2,6-8H2,1H3,(H,16,17). The van der Waals surface area contributed by atoms with Gasteiger partial charge in [-0.25, -0.2) is 4.39 Å². The Labute approximate surface area is 100 Å². The highest BCUT2D eigenvalue weighted by molar-refractivity contribution is 5.99. The lowest BCUT2D eigenvalue weighted by atomic mass is 10.1. The third-order valence-electron chi connectivity index (χ3n) is 2.86. The van der Waals surface area contributed by atoms with Crippen LogP contribution in [0, 0.1) is 11.7 Å². The summed E-state index contributed by atoms with van der Waals surface area (Å²) >= 11 is 0. The van der Waals surface area contributed by atoms with Crippen molar-refractivity contribution in [1.82, 2.24) is 5.32 Å². The highest BCUT2D eigenvalue weighted by Gasteiger charge is 2.22. The number of rotatable bonds is 5. The predicted molar refractivity (Wildman–Crippen MR) is 65.6 cm³/mol. The molecule has 0 aliphatic heterocycles. The Hall–Kier alpha value is -1.58. The monoisotopic (exact) mass is 236 g/mol. The molecule has 1 amide bonds. The molecule has 1 aromatic carbocycles. The second-order valence-corrected chi connectivity index (χ2v) is 4.35. The zero-order valence-corrected chi connectivity index (χ0v) is 9.92. The number of para-hydroxylation sites is 1. The van der Waals surface area contributed by atoms with Crippen molar-refractivity contribution < 1.29 is 9.18 Å². The Balaban J connectivity index is 2.11. The molecule has 17 heavy (non-hydrogen) atoms. The minimum absolute atomic E-state index is 0.202. The van der Waals surface area contributed by atoms with Crippen LogP contribution >= 0.6 is 0 Å². The zero-order valence-electron chi connectivity index (χ0n) is 9.92. The van der Waals surface area contributed by atoms with Crippen molar-refractivity contribution in [3.8, 4) is 0 Å². The minimum Gasteiger partial charge on any atom is -0.382 e. The summed E-state index contributed by atoms with van der Waals surface area (Å²) < 4.78 is 13.6. The Morgan fingerprint density at radius 1 is 1.47 bits per heavy atom. The minimum atomic E-state index is -0.383. The van der Waals surface area contributed by atoms with Gasteiger partial charge in [-0.15, -0.1) is 0 Å². The summed E-state index contributed by atoms with van der Waals surface area (Å²) in [6.07, 6.45) is 2.37. The molecular weight excluding hydrogens is 219 g/mol. The molecule has 1 saturated carbocycles. The maximum absolute atomic E-state index is 13.6. The van der Waals surface area contributed by atoms with E-state index >= 15 is 0 Å². The van der Waals surface area contributed by atoms with E-state index in [0.717, 1.165) is 0 Å². The maximum Gasteiger partial charge on any atom is 0.253 e. The lowest BCUT2D eigenvalue weighted by molar-refractivity contribution is 0.0952. The number of carbonyl (C=O) groups is 1. The largest absolute Gasteiger partial charge is 0.382 e. The molecule has 0 bridgehead atoms. The van der Waals surface area contributed by atoms with Crippen LogP contribution in [-0.4, -0.2) is 19.0 Å². The molecule has 3 nitrogen and oxygen atoms in total. The Morgan fingerprint density at radius 2 is 2.24 bits per heavy atom. The summed E-state index contributed by atoms with van der Waals surface area (Å²) in [4.78, 5) is 11.9. The highest BCUT2D eigenvalue weighted by atomic mass is 19.1. The Morgan fingerprint density at radius 3 is 2.88 bits per heavy atom. The molecule has 0 spiro atoms. The van der Waals surface area contributed by atoms with E-state index in [2.05, 4.69) is 10.6 Å². The molecule has 92 valence electrons. The van der Waals surface area contributed by atoms with E-state index in [1.54, 1.807) is 12.1 Å². The van der Waals surface area contributed by atoms with Crippen molar-refractivity contribution in [2.45, 2.75) is 19.8 Å². The summed E-state index contributed by atoms with van der Waals surface area (Å²) in [6, 6.07) is 4.56. The van der Waals surface area contributed by atoms with Gasteiger partial charge in [0, 0.05) is 13.1 Å². The molecule has 1 fully saturated rings. The first-order valence-electron chi connectivity index (χ1n) is 6.03. The number of halogens is 1. The van der Waals surface area contributed by atoms with Crippen LogP contribution in [0.15, 0.2) is 18.2 Å². The van der Waals surface area contributed by atoms with Crippen LogP contribution in [-0.2, 0) is 0 Å². The number of carbonyl (C=O) groups excluding carboxylic acids is 1. The van der Waals surface area contributed by atoms with E-state index in [9.17, 15) is 9.18 Å². The molecule has 2 rings (SSSR count). The van der Waals surface area contributed by atoms with Crippen molar-refractivity contribution in [3.05, 3.63) is 29.6 Å². The van der Waals surface area contributed by atoms with E-state index in [4.69, 9.17) is 0 Å². The van der Waals surface area contributed by atoms with Crippen LogP contribution in [0.2, 0.25) is 0 Å². The van der Waals surface area contributed by atoms with Crippen molar-refractivity contribution in [3.63, 3.8) is 0 Å². The second-order valence-electron chi connectivity index (χ2n) is 4.35. The second kappa shape index (κ2) is 5.17. The fraction of sp³-hybridized carbons (Fsp3) is 0.462. The number of hydrogen-bond acceptors (Lipinski definition) is 2. The van der Waals surface area contributed by atoms with Crippen molar-refractivity contribution in [2.75, 3.05) is 18.4 Å². The molecule has 0 unspecified atom stereocenters. The van der Waals surface area contributed by atoms with E-state index in [0.29, 0.717) is 30.3 Å². The molecule has 1 aliphatic rings.